The summed E-state index contributed by atoms with van der Waals surface area (Å²) in [6, 6.07) is -0.151. The van der Waals surface area contributed by atoms with E-state index in [-0.39, 0.29) is 23.9 Å². The largest absolute Gasteiger partial charge is 0.352 e. The molecule has 16 heavy (non-hydrogen) atoms. The number of amides is 1. The van der Waals surface area contributed by atoms with Gasteiger partial charge < -0.3 is 11.1 Å². The average Bonchev–Trinajstić information content (AvgIpc) is 2.26. The van der Waals surface area contributed by atoms with E-state index in [0.29, 0.717) is 5.92 Å². The van der Waals surface area contributed by atoms with Crippen molar-refractivity contribution < 1.29 is 4.79 Å². The second kappa shape index (κ2) is 7.66. The molecule has 0 aliphatic carbocycles. The van der Waals surface area contributed by atoms with Crippen LogP contribution in [-0.4, -0.2) is 18.0 Å². The van der Waals surface area contributed by atoms with E-state index in [1.54, 1.807) is 0 Å². The molecule has 0 radical (unpaired) electrons. The van der Waals surface area contributed by atoms with Crippen molar-refractivity contribution in [3.8, 4) is 0 Å². The van der Waals surface area contributed by atoms with E-state index in [1.165, 1.54) is 0 Å². The molecule has 0 aromatic rings. The molecule has 3 nitrogen and oxygen atoms in total. The van der Waals surface area contributed by atoms with Crippen molar-refractivity contribution in [3.63, 3.8) is 0 Å². The van der Waals surface area contributed by atoms with Gasteiger partial charge in [-0.1, -0.05) is 40.5 Å². The molecule has 0 aromatic heterocycles. The SMILES string of the molecule is CCC(C)CC(C)NC(=O)[C@@H](N)C(C)CC. The van der Waals surface area contributed by atoms with E-state index >= 15 is 0 Å². The minimum atomic E-state index is -0.371. The first-order chi connectivity index (χ1) is 7.42. The molecule has 96 valence electrons. The minimum Gasteiger partial charge on any atom is -0.352 e. The van der Waals surface area contributed by atoms with Gasteiger partial charge in [-0.3, -0.25) is 4.79 Å². The first kappa shape index (κ1) is 15.4. The summed E-state index contributed by atoms with van der Waals surface area (Å²) in [6.45, 7) is 10.5. The highest BCUT2D eigenvalue weighted by Gasteiger charge is 2.20. The molecule has 0 bridgehead atoms. The molecular formula is C13H28N2O. The molecule has 1 amide bonds. The Labute approximate surface area is 100 Å². The van der Waals surface area contributed by atoms with Crippen molar-refractivity contribution in [2.45, 2.75) is 66.0 Å². The fraction of sp³-hybridized carbons (Fsp3) is 0.923. The highest BCUT2D eigenvalue weighted by atomic mass is 16.2. The van der Waals surface area contributed by atoms with Gasteiger partial charge >= 0.3 is 0 Å². The molecule has 0 fully saturated rings. The van der Waals surface area contributed by atoms with Gasteiger partial charge in [0.15, 0.2) is 0 Å². The zero-order chi connectivity index (χ0) is 12.7. The summed E-state index contributed by atoms with van der Waals surface area (Å²) in [5.74, 6) is 0.885. The Hall–Kier alpha value is -0.570. The molecule has 0 saturated heterocycles. The van der Waals surface area contributed by atoms with Crippen molar-refractivity contribution in [1.82, 2.24) is 5.32 Å². The standard InChI is InChI=1S/C13H28N2O/c1-6-9(3)8-11(5)15-13(16)12(14)10(4)7-2/h9-12H,6-8,14H2,1-5H3,(H,15,16)/t9?,10?,11?,12-/m0/s1. The van der Waals surface area contributed by atoms with Gasteiger partial charge in [0.2, 0.25) is 5.91 Å². The van der Waals surface area contributed by atoms with E-state index < -0.39 is 0 Å². The van der Waals surface area contributed by atoms with Crippen LogP contribution in [0.1, 0.15) is 53.9 Å². The number of carbonyl (C=O) groups is 1. The van der Waals surface area contributed by atoms with Gasteiger partial charge in [-0.05, 0) is 25.2 Å². The number of hydrogen-bond donors (Lipinski definition) is 2. The minimum absolute atomic E-state index is 0.00912. The number of rotatable bonds is 7. The molecular weight excluding hydrogens is 200 g/mol. The summed E-state index contributed by atoms with van der Waals surface area (Å²) in [6.07, 6.45) is 3.11. The Morgan fingerprint density at radius 1 is 1.19 bits per heavy atom. The molecule has 0 rings (SSSR count). The summed E-state index contributed by atoms with van der Waals surface area (Å²) in [4.78, 5) is 11.8. The number of nitrogens with two attached hydrogens (primary N) is 1. The van der Waals surface area contributed by atoms with E-state index in [9.17, 15) is 4.79 Å². The summed E-state index contributed by atoms with van der Waals surface area (Å²) >= 11 is 0. The maximum atomic E-state index is 11.8. The van der Waals surface area contributed by atoms with Crippen LogP contribution in [0.4, 0.5) is 0 Å². The average molecular weight is 228 g/mol. The van der Waals surface area contributed by atoms with Gasteiger partial charge in [0.1, 0.15) is 0 Å². The van der Waals surface area contributed by atoms with Crippen LogP contribution in [0.25, 0.3) is 0 Å². The molecule has 0 spiro atoms. The number of nitrogens with one attached hydrogen (secondary N) is 1. The second-order valence-corrected chi connectivity index (χ2v) is 5.07. The molecule has 0 heterocycles. The molecule has 3 heteroatoms. The number of hydrogen-bond acceptors (Lipinski definition) is 2. The lowest BCUT2D eigenvalue weighted by Gasteiger charge is -2.22. The fourth-order valence-electron chi connectivity index (χ4n) is 1.68. The van der Waals surface area contributed by atoms with Crippen LogP contribution in [0, 0.1) is 11.8 Å². The van der Waals surface area contributed by atoms with Crippen molar-refractivity contribution >= 4 is 5.91 Å². The Morgan fingerprint density at radius 2 is 1.75 bits per heavy atom. The van der Waals surface area contributed by atoms with Crippen LogP contribution in [0.15, 0.2) is 0 Å². The summed E-state index contributed by atoms with van der Waals surface area (Å²) < 4.78 is 0. The van der Waals surface area contributed by atoms with Crippen LogP contribution in [0.5, 0.6) is 0 Å². The molecule has 4 atom stereocenters. The van der Waals surface area contributed by atoms with Crippen LogP contribution < -0.4 is 11.1 Å². The van der Waals surface area contributed by atoms with Gasteiger partial charge in [0.05, 0.1) is 6.04 Å². The van der Waals surface area contributed by atoms with Crippen LogP contribution in [0.3, 0.4) is 0 Å². The highest BCUT2D eigenvalue weighted by molar-refractivity contribution is 5.82. The molecule has 3 unspecified atom stereocenters. The topological polar surface area (TPSA) is 55.1 Å². The Kier molecular flexibility index (Phi) is 7.39. The highest BCUT2D eigenvalue weighted by Crippen LogP contribution is 2.10. The Morgan fingerprint density at radius 3 is 2.19 bits per heavy atom. The normalized spacial score (nSPS) is 18.6. The lowest BCUT2D eigenvalue weighted by atomic mass is 9.97. The van der Waals surface area contributed by atoms with Crippen LogP contribution in [0.2, 0.25) is 0 Å². The zero-order valence-corrected chi connectivity index (χ0v) is 11.4. The zero-order valence-electron chi connectivity index (χ0n) is 11.4. The number of carbonyl (C=O) groups excluding carboxylic acids is 1. The van der Waals surface area contributed by atoms with E-state index in [1.807, 2.05) is 13.8 Å². The lowest BCUT2D eigenvalue weighted by Crippen LogP contribution is -2.47. The fourth-order valence-corrected chi connectivity index (χ4v) is 1.68. The molecule has 0 aliphatic rings. The van der Waals surface area contributed by atoms with Gasteiger partial charge in [0.25, 0.3) is 0 Å². The second-order valence-electron chi connectivity index (χ2n) is 5.07. The molecule has 0 aromatic carbocycles. The summed E-state index contributed by atoms with van der Waals surface area (Å²) in [5.41, 5.74) is 5.87. The van der Waals surface area contributed by atoms with E-state index in [2.05, 4.69) is 26.1 Å². The van der Waals surface area contributed by atoms with Crippen molar-refractivity contribution in [2.24, 2.45) is 17.6 Å². The summed E-state index contributed by atoms with van der Waals surface area (Å²) in [5, 5.41) is 3.00. The predicted octanol–water partition coefficient (Wildman–Crippen LogP) is 2.30. The van der Waals surface area contributed by atoms with Crippen molar-refractivity contribution in [2.75, 3.05) is 0 Å². The van der Waals surface area contributed by atoms with Crippen LogP contribution >= 0.6 is 0 Å². The quantitative estimate of drug-likeness (QED) is 0.702. The van der Waals surface area contributed by atoms with Crippen molar-refractivity contribution in [1.29, 1.82) is 0 Å². The van der Waals surface area contributed by atoms with E-state index in [4.69, 9.17) is 5.73 Å². The van der Waals surface area contributed by atoms with E-state index in [0.717, 1.165) is 19.3 Å². The monoisotopic (exact) mass is 228 g/mol. The molecule has 0 aliphatic heterocycles. The Balaban J connectivity index is 4.03. The van der Waals surface area contributed by atoms with Gasteiger partial charge in [0, 0.05) is 6.04 Å². The maximum absolute atomic E-state index is 11.8. The lowest BCUT2D eigenvalue weighted by molar-refractivity contribution is -0.124. The van der Waals surface area contributed by atoms with Crippen molar-refractivity contribution in [3.05, 3.63) is 0 Å². The molecule has 0 saturated carbocycles. The first-order valence-electron chi connectivity index (χ1n) is 6.48. The summed E-state index contributed by atoms with van der Waals surface area (Å²) in [7, 11) is 0. The molecule has 3 N–H and O–H groups in total. The van der Waals surface area contributed by atoms with Gasteiger partial charge in [-0.2, -0.15) is 0 Å². The van der Waals surface area contributed by atoms with Crippen LogP contribution in [-0.2, 0) is 4.79 Å². The predicted molar refractivity (Wildman–Crippen MR) is 69.1 cm³/mol. The maximum Gasteiger partial charge on any atom is 0.237 e. The third-order valence-corrected chi connectivity index (χ3v) is 3.40. The third kappa shape index (κ3) is 5.50. The van der Waals surface area contributed by atoms with Gasteiger partial charge in [-0.25, -0.2) is 0 Å². The smallest absolute Gasteiger partial charge is 0.237 e. The first-order valence-corrected chi connectivity index (χ1v) is 6.48. The third-order valence-electron chi connectivity index (χ3n) is 3.40. The van der Waals surface area contributed by atoms with Gasteiger partial charge in [-0.15, -0.1) is 0 Å². The Bertz CT molecular complexity index is 206.